The third-order valence-electron chi connectivity index (χ3n) is 13.5. The highest BCUT2D eigenvalue weighted by molar-refractivity contribution is 5.66. The second-order valence-corrected chi connectivity index (χ2v) is 19.0. The lowest BCUT2D eigenvalue weighted by Gasteiger charge is -2.51. The van der Waals surface area contributed by atoms with Crippen LogP contribution >= 0.6 is 0 Å². The molecule has 0 radical (unpaired) electrons. The van der Waals surface area contributed by atoms with Gasteiger partial charge in [-0.1, -0.05) is 58.8 Å². The number of carbonyl (C=O) groups is 1. The maximum Gasteiger partial charge on any atom is 0.311 e. The first kappa shape index (κ1) is 56.5. The van der Waals surface area contributed by atoms with Crippen LogP contribution in [-0.4, -0.2) is 221 Å². The molecule has 67 heavy (non-hydrogen) atoms. The van der Waals surface area contributed by atoms with Crippen molar-refractivity contribution in [3.05, 3.63) is 0 Å². The molecule has 0 aromatic heterocycles. The van der Waals surface area contributed by atoms with Crippen LogP contribution < -0.4 is 0 Å². The number of aliphatic carboxylic acids is 1. The monoisotopic (exact) mass is 974 g/mol. The molecule has 25 atom stereocenters. The Bertz CT molecular complexity index is 1480. The molecule has 5 aliphatic heterocycles. The van der Waals surface area contributed by atoms with Crippen molar-refractivity contribution in [1.29, 1.82) is 0 Å². The van der Waals surface area contributed by atoms with Crippen molar-refractivity contribution in [3.8, 4) is 0 Å². The minimum Gasteiger partial charge on any atom is -0.481 e. The van der Waals surface area contributed by atoms with Crippen LogP contribution in [0.5, 0.6) is 0 Å². The van der Waals surface area contributed by atoms with Crippen molar-refractivity contribution in [2.24, 2.45) is 5.92 Å². The summed E-state index contributed by atoms with van der Waals surface area (Å²) in [6.45, 7) is 9.01. The predicted octanol–water partition coefficient (Wildman–Crippen LogP) is -1.79. The Morgan fingerprint density at radius 2 is 1.00 bits per heavy atom. The Hall–Kier alpha value is -1.37. The molecule has 5 fully saturated rings. The Balaban J connectivity index is 1.34. The second kappa shape index (κ2) is 25.3. The van der Waals surface area contributed by atoms with Crippen molar-refractivity contribution in [1.82, 2.24) is 0 Å². The lowest BCUT2D eigenvalue weighted by molar-refractivity contribution is -0.472. The van der Waals surface area contributed by atoms with Gasteiger partial charge in [0.2, 0.25) is 0 Å². The first-order valence-electron chi connectivity index (χ1n) is 23.9. The molecule has 0 aromatic carbocycles. The molecular weight excluding hydrogens is 896 g/mol. The van der Waals surface area contributed by atoms with Gasteiger partial charge in [-0.05, 0) is 47.0 Å². The highest BCUT2D eigenvalue weighted by Crippen LogP contribution is 2.39. The van der Waals surface area contributed by atoms with Crippen molar-refractivity contribution in [3.63, 3.8) is 0 Å². The van der Waals surface area contributed by atoms with E-state index in [4.69, 9.17) is 52.5 Å². The summed E-state index contributed by atoms with van der Waals surface area (Å²) in [6, 6.07) is 0. The first-order valence-corrected chi connectivity index (χ1v) is 23.9. The number of unbranched alkanes of at least 4 members (excludes halogenated alkanes) is 6. The number of hydrogen-bond donors (Lipinski definition) is 12. The van der Waals surface area contributed by atoms with Crippen LogP contribution in [0.15, 0.2) is 0 Å². The van der Waals surface area contributed by atoms with Gasteiger partial charge in [0.15, 0.2) is 31.3 Å². The van der Waals surface area contributed by atoms with E-state index in [1.165, 1.54) is 27.7 Å². The SMILES string of the molecule is CCCC(CCCCCCCCCC(=O)O)OC1OC(C)C(O)C(O)C1OC1(O)OCC(C)C(OC2OC(C)C(O)C(OC3OC(C)C(O)C(O)C3O)C2OC2OC(C)C(O)C(O)C2O)C1O. The molecule has 0 aliphatic carbocycles. The van der Waals surface area contributed by atoms with Gasteiger partial charge in [-0.3, -0.25) is 4.79 Å². The van der Waals surface area contributed by atoms with E-state index in [0.717, 1.165) is 44.9 Å². The molecule has 392 valence electrons. The van der Waals surface area contributed by atoms with Gasteiger partial charge >= 0.3 is 11.9 Å². The predicted molar refractivity (Wildman–Crippen MR) is 226 cm³/mol. The van der Waals surface area contributed by atoms with Crippen LogP contribution in [0.2, 0.25) is 0 Å². The zero-order valence-corrected chi connectivity index (χ0v) is 39.2. The fourth-order valence-electron chi connectivity index (χ4n) is 9.13. The summed E-state index contributed by atoms with van der Waals surface area (Å²) in [5.41, 5.74) is 0. The van der Waals surface area contributed by atoms with E-state index in [0.29, 0.717) is 19.3 Å². The van der Waals surface area contributed by atoms with Crippen LogP contribution in [0, 0.1) is 5.92 Å². The molecule has 23 nitrogen and oxygen atoms in total. The molecule has 5 aliphatic rings. The molecule has 23 heteroatoms. The fraction of sp³-hybridized carbons (Fsp3) is 0.977. The van der Waals surface area contributed by atoms with Gasteiger partial charge in [0.25, 0.3) is 0 Å². The van der Waals surface area contributed by atoms with E-state index in [1.54, 1.807) is 6.92 Å². The van der Waals surface area contributed by atoms with E-state index >= 15 is 0 Å². The summed E-state index contributed by atoms with van der Waals surface area (Å²) in [5, 5.41) is 130. The van der Waals surface area contributed by atoms with Gasteiger partial charge in [-0.25, -0.2) is 0 Å². The summed E-state index contributed by atoms with van der Waals surface area (Å²) in [6.07, 6.45) is -26.8. The summed E-state index contributed by atoms with van der Waals surface area (Å²) < 4.78 is 60.1. The van der Waals surface area contributed by atoms with Gasteiger partial charge in [0, 0.05) is 12.3 Å². The third-order valence-corrected chi connectivity index (χ3v) is 13.5. The molecule has 25 unspecified atom stereocenters. The van der Waals surface area contributed by atoms with Crippen LogP contribution in [0.1, 0.15) is 112 Å². The molecule has 0 saturated carbocycles. The average Bonchev–Trinajstić information content (AvgIpc) is 3.28. The van der Waals surface area contributed by atoms with E-state index in [2.05, 4.69) is 0 Å². The van der Waals surface area contributed by atoms with Crippen molar-refractivity contribution in [2.45, 2.75) is 259 Å². The summed E-state index contributed by atoms with van der Waals surface area (Å²) in [4.78, 5) is 10.8. The number of aliphatic hydroxyl groups excluding tert-OH is 10. The lowest BCUT2D eigenvalue weighted by Crippen LogP contribution is -2.69. The van der Waals surface area contributed by atoms with Gasteiger partial charge in [-0.2, -0.15) is 0 Å². The fourth-order valence-corrected chi connectivity index (χ4v) is 9.13. The summed E-state index contributed by atoms with van der Waals surface area (Å²) in [5.74, 6) is -4.54. The van der Waals surface area contributed by atoms with E-state index in [1.807, 2.05) is 6.92 Å². The highest BCUT2D eigenvalue weighted by atomic mass is 16.9. The van der Waals surface area contributed by atoms with Gasteiger partial charge < -0.3 is 109 Å². The highest BCUT2D eigenvalue weighted by Gasteiger charge is 2.59. The minimum atomic E-state index is -2.96. The molecule has 0 amide bonds. The maximum atomic E-state index is 12.0. The van der Waals surface area contributed by atoms with E-state index in [-0.39, 0.29) is 13.0 Å². The smallest absolute Gasteiger partial charge is 0.311 e. The maximum absolute atomic E-state index is 12.0. The van der Waals surface area contributed by atoms with Crippen LogP contribution in [0.4, 0.5) is 0 Å². The quantitative estimate of drug-likeness (QED) is 0.0421. The van der Waals surface area contributed by atoms with Crippen molar-refractivity contribution in [2.75, 3.05) is 6.61 Å². The molecule has 5 saturated heterocycles. The molecular formula is C44H78O23. The zero-order valence-electron chi connectivity index (χ0n) is 39.2. The summed E-state index contributed by atoms with van der Waals surface area (Å²) >= 11 is 0. The van der Waals surface area contributed by atoms with E-state index in [9.17, 15) is 61.0 Å². The standard InChI is InChI=1S/C44H78O23/c1-7-15-24(16-13-11-9-8-10-12-14-17-25(45)46)63-42-37(32(53)28(49)22(5)61-42)67-44(57)39(56)35(19(2)18-58-44)64-43-38(66-41-34(55)31(52)27(48)21(4)60-41)36(29(50)23(6)62-43)65-40-33(54)30(51)26(47)20(3)59-40/h19-24,26-43,47-57H,7-18H2,1-6H3,(H,45,46). The Morgan fingerprint density at radius 1 is 0.537 bits per heavy atom. The first-order chi connectivity index (χ1) is 31.6. The van der Waals surface area contributed by atoms with Gasteiger partial charge in [-0.15, -0.1) is 0 Å². The number of carboxylic acids is 1. The molecule has 12 N–H and O–H groups in total. The molecule has 5 heterocycles. The molecule has 0 bridgehead atoms. The molecule has 0 spiro atoms. The van der Waals surface area contributed by atoms with Crippen LogP contribution in [0.3, 0.4) is 0 Å². The topological polar surface area (TPSA) is 352 Å². The third kappa shape index (κ3) is 14.0. The summed E-state index contributed by atoms with van der Waals surface area (Å²) in [7, 11) is 0. The largest absolute Gasteiger partial charge is 0.481 e. The Labute approximate surface area is 390 Å². The Morgan fingerprint density at radius 3 is 1.55 bits per heavy atom. The lowest BCUT2D eigenvalue weighted by atomic mass is 9.93. The number of rotatable bonds is 22. The van der Waals surface area contributed by atoms with Crippen molar-refractivity contribution < 1.29 is 113 Å². The van der Waals surface area contributed by atoms with Crippen LogP contribution in [-0.2, 0) is 52.2 Å². The van der Waals surface area contributed by atoms with Crippen molar-refractivity contribution >= 4 is 5.97 Å². The second-order valence-electron chi connectivity index (χ2n) is 19.0. The van der Waals surface area contributed by atoms with E-state index < -0.39 is 159 Å². The van der Waals surface area contributed by atoms with Gasteiger partial charge in [0.05, 0.1) is 43.2 Å². The molecule has 5 rings (SSSR count). The van der Waals surface area contributed by atoms with Gasteiger partial charge in [0.1, 0.15) is 73.2 Å². The number of aliphatic hydroxyl groups is 11. The number of ether oxygens (including phenoxy) is 10. The molecule has 0 aromatic rings. The number of carboxylic acid groups (broad SMARTS) is 1. The average molecular weight is 975 g/mol. The normalized spacial score (nSPS) is 46.9. The minimum absolute atomic E-state index is 0.158. The van der Waals surface area contributed by atoms with Crippen LogP contribution in [0.25, 0.3) is 0 Å². The Kier molecular flexibility index (Phi) is 21.4. The number of hydrogen-bond acceptors (Lipinski definition) is 22. The zero-order chi connectivity index (χ0) is 49.5.